The highest BCUT2D eigenvalue weighted by molar-refractivity contribution is 5.97. The van der Waals surface area contributed by atoms with Gasteiger partial charge in [0.2, 0.25) is 0 Å². The number of hydrogen-bond donors (Lipinski definition) is 1. The Hall–Kier alpha value is -2.11. The molecule has 1 aromatic carbocycles. The van der Waals surface area contributed by atoms with Gasteiger partial charge in [0.15, 0.2) is 0 Å². The highest BCUT2D eigenvalue weighted by Gasteiger charge is 2.35. The molecular formula is C14H17FN2O3. The molecule has 1 amide bonds. The molecule has 6 heteroatoms. The summed E-state index contributed by atoms with van der Waals surface area (Å²) in [6.07, 6.45) is 1.04. The molecule has 5 nitrogen and oxygen atoms in total. The molecule has 0 spiro atoms. The van der Waals surface area contributed by atoms with Crippen molar-refractivity contribution in [1.29, 1.82) is 0 Å². The zero-order valence-electron chi connectivity index (χ0n) is 11.5. The molecule has 0 aliphatic carbocycles. The topological polar surface area (TPSA) is 60.9 Å². The molecule has 1 aliphatic heterocycles. The fourth-order valence-corrected chi connectivity index (χ4v) is 2.38. The number of nitrogens with zero attached hydrogens (tertiary/aromatic N) is 2. The minimum absolute atomic E-state index is 0.0799. The van der Waals surface area contributed by atoms with Crippen LogP contribution in [0.25, 0.3) is 0 Å². The number of rotatable bonds is 3. The van der Waals surface area contributed by atoms with Crippen molar-refractivity contribution >= 4 is 17.6 Å². The zero-order valence-corrected chi connectivity index (χ0v) is 11.5. The molecule has 2 rings (SSSR count). The van der Waals surface area contributed by atoms with E-state index >= 15 is 0 Å². The summed E-state index contributed by atoms with van der Waals surface area (Å²) in [6, 6.07) is 3.47. The Morgan fingerprint density at radius 2 is 2.10 bits per heavy atom. The van der Waals surface area contributed by atoms with Crippen molar-refractivity contribution in [3.8, 4) is 0 Å². The first kappa shape index (κ1) is 14.3. The van der Waals surface area contributed by atoms with Crippen LogP contribution in [0.1, 0.15) is 23.2 Å². The van der Waals surface area contributed by atoms with Crippen LogP contribution >= 0.6 is 0 Å². The second-order valence-corrected chi connectivity index (χ2v) is 5.05. The van der Waals surface area contributed by atoms with E-state index in [9.17, 15) is 14.0 Å². The van der Waals surface area contributed by atoms with E-state index in [1.54, 1.807) is 25.1 Å². The second-order valence-electron chi connectivity index (χ2n) is 5.05. The maximum absolute atomic E-state index is 14.0. The standard InChI is InChI=1S/C14H17FN2O3/c1-16(2)9-5-6-10(11(15)8-9)13(18)17-7-3-4-12(17)14(19)20/h5-6,8,12H,3-4,7H2,1-2H3,(H,19,20). The van der Waals surface area contributed by atoms with Gasteiger partial charge in [-0.1, -0.05) is 0 Å². The first-order valence-corrected chi connectivity index (χ1v) is 6.42. The lowest BCUT2D eigenvalue weighted by Gasteiger charge is -2.22. The minimum atomic E-state index is -1.04. The summed E-state index contributed by atoms with van der Waals surface area (Å²) in [6.45, 7) is 0.352. The van der Waals surface area contributed by atoms with Gasteiger partial charge < -0.3 is 14.9 Å². The summed E-state index contributed by atoms with van der Waals surface area (Å²) in [5.74, 6) is -2.23. The Morgan fingerprint density at radius 1 is 1.40 bits per heavy atom. The Morgan fingerprint density at radius 3 is 2.65 bits per heavy atom. The number of amides is 1. The predicted octanol–water partition coefficient (Wildman–Crippen LogP) is 1.58. The van der Waals surface area contributed by atoms with Crippen LogP contribution < -0.4 is 4.90 Å². The van der Waals surface area contributed by atoms with Gasteiger partial charge in [0, 0.05) is 26.3 Å². The molecule has 1 aliphatic rings. The molecule has 1 aromatic rings. The molecular weight excluding hydrogens is 263 g/mol. The van der Waals surface area contributed by atoms with Crippen LogP contribution in [0, 0.1) is 5.82 Å². The fourth-order valence-electron chi connectivity index (χ4n) is 2.38. The number of carbonyl (C=O) groups is 2. The van der Waals surface area contributed by atoms with Gasteiger partial charge in [-0.15, -0.1) is 0 Å². The lowest BCUT2D eigenvalue weighted by atomic mass is 10.1. The lowest BCUT2D eigenvalue weighted by molar-refractivity contribution is -0.141. The number of benzene rings is 1. The molecule has 1 saturated heterocycles. The number of aliphatic carboxylic acids is 1. The quantitative estimate of drug-likeness (QED) is 0.913. The molecule has 1 N–H and O–H groups in total. The van der Waals surface area contributed by atoms with Crippen molar-refractivity contribution < 1.29 is 19.1 Å². The molecule has 20 heavy (non-hydrogen) atoms. The van der Waals surface area contributed by atoms with Crippen LogP contribution in [0.15, 0.2) is 18.2 Å². The van der Waals surface area contributed by atoms with E-state index in [1.807, 2.05) is 0 Å². The number of carboxylic acids is 1. The van der Waals surface area contributed by atoms with Gasteiger partial charge in [-0.3, -0.25) is 4.79 Å². The number of likely N-dealkylation sites (tertiary alicyclic amines) is 1. The van der Waals surface area contributed by atoms with E-state index in [-0.39, 0.29) is 5.56 Å². The fraction of sp³-hybridized carbons (Fsp3) is 0.429. The van der Waals surface area contributed by atoms with Crippen molar-refractivity contribution in [2.24, 2.45) is 0 Å². The van der Waals surface area contributed by atoms with E-state index in [0.29, 0.717) is 25.1 Å². The molecule has 1 heterocycles. The minimum Gasteiger partial charge on any atom is -0.480 e. The van der Waals surface area contributed by atoms with Gasteiger partial charge >= 0.3 is 5.97 Å². The van der Waals surface area contributed by atoms with Gasteiger partial charge in [0.05, 0.1) is 5.56 Å². The highest BCUT2D eigenvalue weighted by atomic mass is 19.1. The van der Waals surface area contributed by atoms with Crippen LogP contribution in [0.3, 0.4) is 0 Å². The Kier molecular flexibility index (Phi) is 3.92. The van der Waals surface area contributed by atoms with Gasteiger partial charge in [-0.25, -0.2) is 9.18 Å². The summed E-state index contributed by atoms with van der Waals surface area (Å²) in [5, 5.41) is 9.07. The summed E-state index contributed by atoms with van der Waals surface area (Å²) in [4.78, 5) is 26.3. The third-order valence-electron chi connectivity index (χ3n) is 3.50. The van der Waals surface area contributed by atoms with Crippen LogP contribution in [0.5, 0.6) is 0 Å². The van der Waals surface area contributed by atoms with Crippen molar-refractivity contribution in [3.05, 3.63) is 29.6 Å². The molecule has 1 atom stereocenters. The van der Waals surface area contributed by atoms with E-state index in [1.165, 1.54) is 17.0 Å². The van der Waals surface area contributed by atoms with Crippen molar-refractivity contribution in [2.45, 2.75) is 18.9 Å². The van der Waals surface area contributed by atoms with Gasteiger partial charge in [-0.2, -0.15) is 0 Å². The van der Waals surface area contributed by atoms with Crippen LogP contribution in [-0.4, -0.2) is 48.6 Å². The summed E-state index contributed by atoms with van der Waals surface area (Å²) < 4.78 is 14.0. The number of carboxylic acid groups (broad SMARTS) is 1. The van der Waals surface area contributed by atoms with Crippen LogP contribution in [-0.2, 0) is 4.79 Å². The smallest absolute Gasteiger partial charge is 0.326 e. The van der Waals surface area contributed by atoms with E-state index in [2.05, 4.69) is 0 Å². The molecule has 1 fully saturated rings. The lowest BCUT2D eigenvalue weighted by Crippen LogP contribution is -2.40. The first-order valence-electron chi connectivity index (χ1n) is 6.42. The molecule has 0 saturated carbocycles. The van der Waals surface area contributed by atoms with Crippen molar-refractivity contribution in [2.75, 3.05) is 25.5 Å². The largest absolute Gasteiger partial charge is 0.480 e. The highest BCUT2D eigenvalue weighted by Crippen LogP contribution is 2.23. The second kappa shape index (κ2) is 5.48. The van der Waals surface area contributed by atoms with Gasteiger partial charge in [0.1, 0.15) is 11.9 Å². The average molecular weight is 280 g/mol. The zero-order chi connectivity index (χ0) is 14.9. The Bertz CT molecular complexity index is 545. The SMILES string of the molecule is CN(C)c1ccc(C(=O)N2CCCC2C(=O)O)c(F)c1. The van der Waals surface area contributed by atoms with Gasteiger partial charge in [-0.05, 0) is 31.0 Å². The van der Waals surface area contributed by atoms with Crippen LogP contribution in [0.4, 0.5) is 10.1 Å². The number of halogens is 1. The van der Waals surface area contributed by atoms with E-state index in [0.717, 1.165) is 0 Å². The first-order chi connectivity index (χ1) is 9.41. The van der Waals surface area contributed by atoms with Gasteiger partial charge in [0.25, 0.3) is 5.91 Å². The summed E-state index contributed by atoms with van der Waals surface area (Å²) in [5.41, 5.74) is 0.569. The molecule has 1 unspecified atom stereocenters. The van der Waals surface area contributed by atoms with Crippen molar-refractivity contribution in [3.63, 3.8) is 0 Å². The third kappa shape index (κ3) is 2.59. The maximum Gasteiger partial charge on any atom is 0.326 e. The summed E-state index contributed by atoms with van der Waals surface area (Å²) in [7, 11) is 3.55. The maximum atomic E-state index is 14.0. The summed E-state index contributed by atoms with van der Waals surface area (Å²) >= 11 is 0. The average Bonchev–Trinajstić information content (AvgIpc) is 2.87. The van der Waals surface area contributed by atoms with E-state index in [4.69, 9.17) is 5.11 Å². The monoisotopic (exact) mass is 280 g/mol. The Balaban J connectivity index is 2.27. The number of anilines is 1. The number of carbonyl (C=O) groups excluding carboxylic acids is 1. The molecule has 108 valence electrons. The predicted molar refractivity (Wildman–Crippen MR) is 72.4 cm³/mol. The molecule has 0 bridgehead atoms. The normalized spacial score (nSPS) is 18.1. The van der Waals surface area contributed by atoms with Crippen LogP contribution in [0.2, 0.25) is 0 Å². The molecule has 0 radical (unpaired) electrons. The van der Waals surface area contributed by atoms with E-state index < -0.39 is 23.7 Å². The third-order valence-corrected chi connectivity index (χ3v) is 3.50. The molecule has 0 aromatic heterocycles. The number of hydrogen-bond acceptors (Lipinski definition) is 3. The Labute approximate surface area is 116 Å². The van der Waals surface area contributed by atoms with Crippen molar-refractivity contribution in [1.82, 2.24) is 4.90 Å².